The third-order valence-corrected chi connectivity index (χ3v) is 2.29. The van der Waals surface area contributed by atoms with E-state index >= 15 is 0 Å². The first-order valence-electron chi connectivity index (χ1n) is 5.62. The fraction of sp³-hybridized carbons (Fsp3) is 0.333. The minimum Gasteiger partial charge on any atom is -0.478 e. The number of halogens is 1. The Morgan fingerprint density at radius 2 is 2.16 bits per heavy atom. The molecule has 0 bridgehead atoms. The number of methoxy groups -OCH3 is 1. The molecule has 7 heteroatoms. The molecule has 0 radical (unpaired) electrons. The van der Waals surface area contributed by atoms with Gasteiger partial charge in [0.05, 0.1) is 5.69 Å². The number of urea groups is 1. The zero-order valence-corrected chi connectivity index (χ0v) is 10.4. The highest BCUT2D eigenvalue weighted by Crippen LogP contribution is 2.18. The molecular weight excluding hydrogens is 255 g/mol. The summed E-state index contributed by atoms with van der Waals surface area (Å²) in [5.74, 6) is -2.34. The second kappa shape index (κ2) is 7.32. The molecule has 1 rings (SSSR count). The van der Waals surface area contributed by atoms with E-state index in [0.717, 1.165) is 6.07 Å². The maximum absolute atomic E-state index is 13.3. The van der Waals surface area contributed by atoms with Crippen LogP contribution in [0, 0.1) is 5.82 Å². The molecule has 0 heterocycles. The first-order chi connectivity index (χ1) is 9.06. The Bertz CT molecular complexity index is 465. The summed E-state index contributed by atoms with van der Waals surface area (Å²) in [6, 6.07) is 3.07. The molecule has 0 aliphatic rings. The zero-order chi connectivity index (χ0) is 14.3. The second-order valence-corrected chi connectivity index (χ2v) is 3.69. The molecule has 1 aromatic rings. The molecule has 6 nitrogen and oxygen atoms in total. The van der Waals surface area contributed by atoms with Crippen molar-refractivity contribution in [3.05, 3.63) is 29.6 Å². The third-order valence-electron chi connectivity index (χ3n) is 2.29. The van der Waals surface area contributed by atoms with Gasteiger partial charge in [0.25, 0.3) is 0 Å². The predicted molar refractivity (Wildman–Crippen MR) is 66.9 cm³/mol. The van der Waals surface area contributed by atoms with Crippen molar-refractivity contribution in [3.8, 4) is 0 Å². The Morgan fingerprint density at radius 1 is 1.42 bits per heavy atom. The lowest BCUT2D eigenvalue weighted by atomic mass is 10.1. The summed E-state index contributed by atoms with van der Waals surface area (Å²) in [5, 5.41) is 13.7. The van der Waals surface area contributed by atoms with E-state index in [1.165, 1.54) is 12.1 Å². The number of carbonyl (C=O) groups is 2. The molecule has 0 aliphatic carbocycles. The molecule has 0 saturated heterocycles. The summed E-state index contributed by atoms with van der Waals surface area (Å²) in [6.07, 6.45) is 0.624. The monoisotopic (exact) mass is 270 g/mol. The van der Waals surface area contributed by atoms with Gasteiger partial charge in [-0.25, -0.2) is 14.0 Å². The van der Waals surface area contributed by atoms with Gasteiger partial charge in [-0.15, -0.1) is 0 Å². The number of benzene rings is 1. The van der Waals surface area contributed by atoms with Crippen LogP contribution in [0.25, 0.3) is 0 Å². The number of carboxylic acid groups (broad SMARTS) is 1. The molecule has 0 atom stereocenters. The molecular formula is C12H15FN2O4. The normalized spacial score (nSPS) is 10.0. The van der Waals surface area contributed by atoms with Gasteiger partial charge in [0.2, 0.25) is 0 Å². The molecule has 0 aliphatic heterocycles. The lowest BCUT2D eigenvalue weighted by Crippen LogP contribution is -2.30. The summed E-state index contributed by atoms with van der Waals surface area (Å²) in [4.78, 5) is 22.4. The minimum absolute atomic E-state index is 0.0864. The maximum atomic E-state index is 13.3. The van der Waals surface area contributed by atoms with Gasteiger partial charge in [-0.05, 0) is 18.6 Å². The van der Waals surface area contributed by atoms with Gasteiger partial charge < -0.3 is 20.5 Å². The molecule has 0 spiro atoms. The van der Waals surface area contributed by atoms with Crippen LogP contribution >= 0.6 is 0 Å². The number of nitrogens with one attached hydrogen (secondary N) is 2. The van der Waals surface area contributed by atoms with Crippen LogP contribution in [0.1, 0.15) is 16.8 Å². The van der Waals surface area contributed by atoms with E-state index in [-0.39, 0.29) is 5.69 Å². The van der Waals surface area contributed by atoms with Crippen molar-refractivity contribution in [1.82, 2.24) is 5.32 Å². The zero-order valence-electron chi connectivity index (χ0n) is 10.4. The number of ether oxygens (including phenoxy) is 1. The van der Waals surface area contributed by atoms with Crippen LogP contribution in [0.3, 0.4) is 0 Å². The molecule has 2 amide bonds. The van der Waals surface area contributed by atoms with Gasteiger partial charge >= 0.3 is 12.0 Å². The van der Waals surface area contributed by atoms with E-state index in [2.05, 4.69) is 10.6 Å². The fourth-order valence-corrected chi connectivity index (χ4v) is 1.43. The molecule has 19 heavy (non-hydrogen) atoms. The van der Waals surface area contributed by atoms with E-state index in [1.807, 2.05) is 0 Å². The summed E-state index contributed by atoms with van der Waals surface area (Å²) in [5.41, 5.74) is -0.647. The lowest BCUT2D eigenvalue weighted by Gasteiger charge is -2.10. The van der Waals surface area contributed by atoms with E-state index in [9.17, 15) is 14.0 Å². The highest BCUT2D eigenvalue weighted by molar-refractivity contribution is 6.00. The number of amides is 2. The average Bonchev–Trinajstić information content (AvgIpc) is 2.34. The first-order valence-corrected chi connectivity index (χ1v) is 5.62. The summed E-state index contributed by atoms with van der Waals surface area (Å²) < 4.78 is 18.1. The van der Waals surface area contributed by atoms with Crippen LogP contribution in [0.15, 0.2) is 18.2 Å². The molecule has 0 aromatic heterocycles. The average molecular weight is 270 g/mol. The summed E-state index contributed by atoms with van der Waals surface area (Å²) in [6.45, 7) is 0.873. The fourth-order valence-electron chi connectivity index (χ4n) is 1.43. The van der Waals surface area contributed by atoms with Crippen LogP contribution in [0.4, 0.5) is 14.9 Å². The van der Waals surface area contributed by atoms with Gasteiger partial charge in [0.1, 0.15) is 11.4 Å². The lowest BCUT2D eigenvalue weighted by molar-refractivity contribution is 0.0693. The molecule has 0 fully saturated rings. The number of hydrogen-bond donors (Lipinski definition) is 3. The van der Waals surface area contributed by atoms with Crippen molar-refractivity contribution in [2.45, 2.75) is 6.42 Å². The van der Waals surface area contributed by atoms with Crippen molar-refractivity contribution in [2.24, 2.45) is 0 Å². The number of rotatable bonds is 6. The maximum Gasteiger partial charge on any atom is 0.340 e. The number of aromatic carboxylic acids is 1. The summed E-state index contributed by atoms with van der Waals surface area (Å²) >= 11 is 0. The van der Waals surface area contributed by atoms with Crippen molar-refractivity contribution in [1.29, 1.82) is 0 Å². The van der Waals surface area contributed by atoms with Crippen molar-refractivity contribution in [3.63, 3.8) is 0 Å². The Balaban J connectivity index is 2.64. The Labute approximate surface area is 109 Å². The van der Waals surface area contributed by atoms with E-state index in [1.54, 1.807) is 7.11 Å². The smallest absolute Gasteiger partial charge is 0.340 e. The Kier molecular flexibility index (Phi) is 5.74. The minimum atomic E-state index is -1.44. The van der Waals surface area contributed by atoms with Crippen LogP contribution in [-0.2, 0) is 4.74 Å². The van der Waals surface area contributed by atoms with Gasteiger partial charge in [-0.3, -0.25) is 0 Å². The number of carbonyl (C=O) groups excluding carboxylic acids is 1. The quantitative estimate of drug-likeness (QED) is 0.686. The van der Waals surface area contributed by atoms with Crippen molar-refractivity contribution in [2.75, 3.05) is 25.6 Å². The van der Waals surface area contributed by atoms with E-state index in [4.69, 9.17) is 9.84 Å². The van der Waals surface area contributed by atoms with Gasteiger partial charge in [0, 0.05) is 20.3 Å². The number of anilines is 1. The number of carboxylic acids is 1. The van der Waals surface area contributed by atoms with Crippen LogP contribution in [0.5, 0.6) is 0 Å². The van der Waals surface area contributed by atoms with Crippen molar-refractivity contribution >= 4 is 17.7 Å². The van der Waals surface area contributed by atoms with E-state index in [0.29, 0.717) is 19.6 Å². The molecule has 104 valence electrons. The van der Waals surface area contributed by atoms with Gasteiger partial charge in [0.15, 0.2) is 0 Å². The van der Waals surface area contributed by atoms with Gasteiger partial charge in [-0.1, -0.05) is 6.07 Å². The molecule has 0 unspecified atom stereocenters. The van der Waals surface area contributed by atoms with Crippen LogP contribution in [-0.4, -0.2) is 37.4 Å². The number of hydrogen-bond acceptors (Lipinski definition) is 3. The Hall–Kier alpha value is -2.15. The SMILES string of the molecule is COCCCNC(=O)Nc1cccc(F)c1C(=O)O. The molecule has 1 aromatic carbocycles. The largest absolute Gasteiger partial charge is 0.478 e. The molecule has 3 N–H and O–H groups in total. The van der Waals surface area contributed by atoms with Crippen LogP contribution in [0.2, 0.25) is 0 Å². The standard InChI is InChI=1S/C12H15FN2O4/c1-19-7-3-6-14-12(18)15-9-5-2-4-8(13)10(9)11(16)17/h2,4-5H,3,6-7H2,1H3,(H,16,17)(H2,14,15,18). The van der Waals surface area contributed by atoms with Gasteiger partial charge in [-0.2, -0.15) is 0 Å². The Morgan fingerprint density at radius 3 is 2.79 bits per heavy atom. The predicted octanol–water partition coefficient (Wildman–Crippen LogP) is 1.68. The topological polar surface area (TPSA) is 87.7 Å². The van der Waals surface area contributed by atoms with Crippen molar-refractivity contribution < 1.29 is 23.8 Å². The highest BCUT2D eigenvalue weighted by atomic mass is 19.1. The first kappa shape index (κ1) is 14.9. The molecule has 0 saturated carbocycles. The third kappa shape index (κ3) is 4.55. The highest BCUT2D eigenvalue weighted by Gasteiger charge is 2.16. The second-order valence-electron chi connectivity index (χ2n) is 3.69. The summed E-state index contributed by atoms with van der Waals surface area (Å²) in [7, 11) is 1.55. The van der Waals surface area contributed by atoms with Crippen LogP contribution < -0.4 is 10.6 Å². The van der Waals surface area contributed by atoms with E-state index < -0.39 is 23.4 Å².